The molecule has 0 N–H and O–H groups in total. The van der Waals surface area contributed by atoms with Gasteiger partial charge in [0.15, 0.2) is 0 Å². The van der Waals surface area contributed by atoms with E-state index in [4.69, 9.17) is 4.52 Å². The first-order chi connectivity index (χ1) is 5.04. The number of aromatic nitrogens is 1. The summed E-state index contributed by atoms with van der Waals surface area (Å²) >= 11 is 4.00. The topological polar surface area (TPSA) is 26.0 Å². The summed E-state index contributed by atoms with van der Waals surface area (Å²) < 4.78 is 4.98. The molecular weight excluding hydrogens is 178 g/mol. The van der Waals surface area contributed by atoms with Gasteiger partial charge in [-0.25, -0.2) is 0 Å². The lowest BCUT2D eigenvalue weighted by molar-refractivity contribution is 0.336. The predicted octanol–water partition coefficient (Wildman–Crippen LogP) is 2.91. The van der Waals surface area contributed by atoms with E-state index in [1.54, 1.807) is 0 Å². The molecule has 1 aromatic heterocycles. The van der Waals surface area contributed by atoms with Gasteiger partial charge in [-0.2, -0.15) is 0 Å². The molecule has 11 heavy (non-hydrogen) atoms. The third-order valence-electron chi connectivity index (χ3n) is 1.35. The van der Waals surface area contributed by atoms with Crippen molar-refractivity contribution in [3.63, 3.8) is 0 Å². The van der Waals surface area contributed by atoms with Gasteiger partial charge in [-0.05, 0) is 10.8 Å². The minimum absolute atomic E-state index is 0.0608. The highest BCUT2D eigenvalue weighted by atomic mass is 33.1. The maximum Gasteiger partial charge on any atom is 0.203 e. The number of hydrogen-bond donors (Lipinski definition) is 1. The third-order valence-corrected chi connectivity index (χ3v) is 2.26. The zero-order valence-corrected chi connectivity index (χ0v) is 8.50. The van der Waals surface area contributed by atoms with E-state index in [9.17, 15) is 0 Å². The normalized spacial score (nSPS) is 12.0. The van der Waals surface area contributed by atoms with Crippen LogP contribution in [0.25, 0.3) is 0 Å². The summed E-state index contributed by atoms with van der Waals surface area (Å²) in [5.74, 6) is 0. The molecule has 0 bridgehead atoms. The van der Waals surface area contributed by atoms with Crippen molar-refractivity contribution >= 4 is 22.5 Å². The molecular formula is C7H11NOS2. The molecule has 4 heteroatoms. The van der Waals surface area contributed by atoms with Crippen LogP contribution in [0.15, 0.2) is 15.7 Å². The van der Waals surface area contributed by atoms with Crippen LogP contribution in [0.3, 0.4) is 0 Å². The first-order valence-electron chi connectivity index (χ1n) is 3.32. The van der Waals surface area contributed by atoms with Crippen molar-refractivity contribution in [3.8, 4) is 0 Å². The fourth-order valence-electron chi connectivity index (χ4n) is 0.655. The Morgan fingerprint density at radius 3 is 2.45 bits per heavy atom. The van der Waals surface area contributed by atoms with Crippen LogP contribution in [0.5, 0.6) is 0 Å². The first-order valence-corrected chi connectivity index (χ1v) is 5.19. The van der Waals surface area contributed by atoms with Gasteiger partial charge in [-0.15, -0.1) is 11.7 Å². The fourth-order valence-corrected chi connectivity index (χ4v) is 1.15. The van der Waals surface area contributed by atoms with E-state index in [1.807, 2.05) is 6.07 Å². The molecule has 0 unspecified atom stereocenters. The largest absolute Gasteiger partial charge is 0.349 e. The quantitative estimate of drug-likeness (QED) is 0.543. The summed E-state index contributed by atoms with van der Waals surface area (Å²) in [5.41, 5.74) is 1.03. The van der Waals surface area contributed by atoms with Gasteiger partial charge in [0.1, 0.15) is 0 Å². The van der Waals surface area contributed by atoms with Crippen LogP contribution in [0, 0.1) is 0 Å². The number of hydrogen-bond acceptors (Lipinski definition) is 4. The molecule has 0 aliphatic carbocycles. The van der Waals surface area contributed by atoms with Crippen LogP contribution in [0.2, 0.25) is 0 Å². The van der Waals surface area contributed by atoms with Gasteiger partial charge in [0.05, 0.1) is 5.69 Å². The first kappa shape index (κ1) is 9.00. The second kappa shape index (κ2) is 3.11. The molecule has 0 radical (unpaired) electrons. The van der Waals surface area contributed by atoms with Gasteiger partial charge in [0.2, 0.25) is 5.09 Å². The number of nitrogens with zero attached hydrogens (tertiary/aromatic N) is 1. The summed E-state index contributed by atoms with van der Waals surface area (Å²) in [7, 11) is 1.27. The fraction of sp³-hybridized carbons (Fsp3) is 0.571. The standard InChI is InChI=1S/C7H11NOS2/c1-7(2,3)5-4-6(11-10)9-8-5/h4,10H,1-3H3. The predicted molar refractivity (Wildman–Crippen MR) is 50.0 cm³/mol. The lowest BCUT2D eigenvalue weighted by Gasteiger charge is -2.12. The molecule has 62 valence electrons. The van der Waals surface area contributed by atoms with Gasteiger partial charge in [-0.1, -0.05) is 25.9 Å². The molecule has 0 fully saturated rings. The van der Waals surface area contributed by atoms with Gasteiger partial charge < -0.3 is 4.52 Å². The summed E-state index contributed by atoms with van der Waals surface area (Å²) in [6.45, 7) is 6.29. The average molecular weight is 189 g/mol. The minimum Gasteiger partial charge on any atom is -0.349 e. The summed E-state index contributed by atoms with van der Waals surface area (Å²) in [6, 6.07) is 1.91. The molecule has 0 aliphatic heterocycles. The second-order valence-corrected chi connectivity index (χ2v) is 4.51. The van der Waals surface area contributed by atoms with E-state index < -0.39 is 0 Å². The van der Waals surface area contributed by atoms with Crippen LogP contribution >= 0.6 is 22.5 Å². The van der Waals surface area contributed by atoms with Crippen molar-refractivity contribution in [1.29, 1.82) is 0 Å². The zero-order valence-electron chi connectivity index (χ0n) is 6.79. The molecule has 0 aromatic carbocycles. The zero-order chi connectivity index (χ0) is 8.48. The maximum absolute atomic E-state index is 4.98. The van der Waals surface area contributed by atoms with Crippen LogP contribution in [-0.2, 0) is 5.41 Å². The Morgan fingerprint density at radius 1 is 1.55 bits per heavy atom. The highest BCUT2D eigenvalue weighted by molar-refractivity contribution is 8.68. The Kier molecular flexibility index (Phi) is 2.54. The Morgan fingerprint density at radius 2 is 2.18 bits per heavy atom. The van der Waals surface area contributed by atoms with Crippen molar-refractivity contribution in [3.05, 3.63) is 11.8 Å². The molecule has 1 aromatic rings. The lowest BCUT2D eigenvalue weighted by Crippen LogP contribution is -2.10. The van der Waals surface area contributed by atoms with Crippen molar-refractivity contribution < 1.29 is 4.52 Å². The Bertz CT molecular complexity index is 239. The van der Waals surface area contributed by atoms with Crippen molar-refractivity contribution in [1.82, 2.24) is 5.16 Å². The van der Waals surface area contributed by atoms with E-state index in [1.165, 1.54) is 10.8 Å². The van der Waals surface area contributed by atoms with Crippen molar-refractivity contribution in [2.24, 2.45) is 0 Å². The SMILES string of the molecule is CC(C)(C)c1cc(SS)on1. The van der Waals surface area contributed by atoms with E-state index in [2.05, 4.69) is 37.6 Å². The lowest BCUT2D eigenvalue weighted by atomic mass is 9.93. The minimum atomic E-state index is 0.0608. The molecule has 0 aliphatic rings. The average Bonchev–Trinajstić information content (AvgIpc) is 2.32. The number of thiol groups is 1. The monoisotopic (exact) mass is 189 g/mol. The highest BCUT2D eigenvalue weighted by Crippen LogP contribution is 2.27. The highest BCUT2D eigenvalue weighted by Gasteiger charge is 2.18. The van der Waals surface area contributed by atoms with Crippen LogP contribution in [0.4, 0.5) is 0 Å². The van der Waals surface area contributed by atoms with Gasteiger partial charge >= 0.3 is 0 Å². The van der Waals surface area contributed by atoms with E-state index in [0.29, 0.717) is 0 Å². The van der Waals surface area contributed by atoms with E-state index >= 15 is 0 Å². The molecule has 0 atom stereocenters. The smallest absolute Gasteiger partial charge is 0.203 e. The van der Waals surface area contributed by atoms with Crippen LogP contribution < -0.4 is 0 Å². The molecule has 0 saturated heterocycles. The maximum atomic E-state index is 4.98. The van der Waals surface area contributed by atoms with Gasteiger partial charge in [0, 0.05) is 11.5 Å². The Balaban J connectivity index is 2.89. The van der Waals surface area contributed by atoms with Crippen LogP contribution in [0.1, 0.15) is 26.5 Å². The van der Waals surface area contributed by atoms with Crippen LogP contribution in [-0.4, -0.2) is 5.16 Å². The summed E-state index contributed by atoms with van der Waals surface area (Å²) in [5, 5.41) is 4.66. The Hall–Kier alpha value is -0.0900. The summed E-state index contributed by atoms with van der Waals surface area (Å²) in [6.07, 6.45) is 0. The van der Waals surface area contributed by atoms with Crippen molar-refractivity contribution in [2.45, 2.75) is 31.3 Å². The second-order valence-electron chi connectivity index (χ2n) is 3.37. The molecule has 1 heterocycles. The molecule has 0 saturated carbocycles. The van der Waals surface area contributed by atoms with E-state index in [0.717, 1.165) is 10.8 Å². The van der Waals surface area contributed by atoms with E-state index in [-0.39, 0.29) is 5.41 Å². The number of rotatable bonds is 1. The Labute approximate surface area is 75.5 Å². The third kappa shape index (κ3) is 2.17. The molecule has 0 spiro atoms. The van der Waals surface area contributed by atoms with Gasteiger partial charge in [0.25, 0.3) is 0 Å². The molecule has 2 nitrogen and oxygen atoms in total. The molecule has 1 rings (SSSR count). The molecule has 0 amide bonds. The van der Waals surface area contributed by atoms with Gasteiger partial charge in [-0.3, -0.25) is 0 Å². The van der Waals surface area contributed by atoms with Crippen molar-refractivity contribution in [2.75, 3.05) is 0 Å². The summed E-state index contributed by atoms with van der Waals surface area (Å²) in [4.78, 5) is 0.